The summed E-state index contributed by atoms with van der Waals surface area (Å²) in [6.07, 6.45) is 5.03. The molecule has 1 fully saturated rings. The number of hydrogen-bond donors (Lipinski definition) is 0. The molecule has 0 N–H and O–H groups in total. The summed E-state index contributed by atoms with van der Waals surface area (Å²) in [5.74, 6) is 1.96. The topological polar surface area (TPSA) is 77.2 Å². The molecule has 1 saturated heterocycles. The molecular weight excluding hydrogens is 378 g/mol. The fraction of sp³-hybridized carbons (Fsp3) is 0.304. The molecule has 1 atom stereocenters. The van der Waals surface area contributed by atoms with Crippen LogP contribution in [0.3, 0.4) is 0 Å². The Balaban J connectivity index is 1.38. The third kappa shape index (κ3) is 3.76. The van der Waals surface area contributed by atoms with E-state index in [1.54, 1.807) is 13.3 Å². The lowest BCUT2D eigenvalue weighted by Gasteiger charge is -2.33. The zero-order chi connectivity index (χ0) is 20.3. The molecule has 0 spiro atoms. The number of ether oxygens (including phenoxy) is 1. The number of pyridine rings is 2. The van der Waals surface area contributed by atoms with Crippen molar-refractivity contribution in [3.8, 4) is 17.3 Å². The van der Waals surface area contributed by atoms with Gasteiger partial charge in [-0.05, 0) is 55.8 Å². The van der Waals surface area contributed by atoms with Gasteiger partial charge < -0.3 is 9.15 Å². The van der Waals surface area contributed by atoms with E-state index in [0.29, 0.717) is 17.5 Å². The summed E-state index contributed by atoms with van der Waals surface area (Å²) in [5, 5.41) is 9.65. The number of methoxy groups -OCH3 is 1. The predicted molar refractivity (Wildman–Crippen MR) is 113 cm³/mol. The second-order valence-electron chi connectivity index (χ2n) is 7.50. The maximum Gasteiger partial charge on any atom is 0.266 e. The van der Waals surface area contributed by atoms with Gasteiger partial charge in [0.2, 0.25) is 5.89 Å². The van der Waals surface area contributed by atoms with Crippen molar-refractivity contribution >= 4 is 10.9 Å². The van der Waals surface area contributed by atoms with Crippen LogP contribution in [0.1, 0.15) is 36.9 Å². The van der Waals surface area contributed by atoms with Crippen LogP contribution in [0, 0.1) is 0 Å². The molecule has 7 heteroatoms. The van der Waals surface area contributed by atoms with Crippen molar-refractivity contribution in [1.82, 2.24) is 25.1 Å². The summed E-state index contributed by atoms with van der Waals surface area (Å²) in [5.41, 5.74) is 2.70. The SMILES string of the molecule is COc1ccc2nc(CN3CCCC[C@H]3c3nnc(-c4ccccn4)o3)ccc2c1. The molecule has 7 nitrogen and oxygen atoms in total. The Morgan fingerprint density at radius 3 is 2.93 bits per heavy atom. The van der Waals surface area contributed by atoms with E-state index in [4.69, 9.17) is 14.1 Å². The smallest absolute Gasteiger partial charge is 0.266 e. The van der Waals surface area contributed by atoms with Gasteiger partial charge in [0.25, 0.3) is 5.89 Å². The van der Waals surface area contributed by atoms with E-state index in [1.807, 2.05) is 36.4 Å². The Morgan fingerprint density at radius 2 is 2.07 bits per heavy atom. The fourth-order valence-corrected chi connectivity index (χ4v) is 3.99. The van der Waals surface area contributed by atoms with E-state index >= 15 is 0 Å². The molecule has 0 bridgehead atoms. The van der Waals surface area contributed by atoms with E-state index in [-0.39, 0.29) is 6.04 Å². The highest BCUT2D eigenvalue weighted by Crippen LogP contribution is 2.32. The second-order valence-corrected chi connectivity index (χ2v) is 7.50. The Kier molecular flexibility index (Phi) is 5.11. The summed E-state index contributed by atoms with van der Waals surface area (Å²) in [6, 6.07) is 15.9. The highest BCUT2D eigenvalue weighted by molar-refractivity contribution is 5.80. The summed E-state index contributed by atoms with van der Waals surface area (Å²) in [4.78, 5) is 11.5. The molecule has 5 rings (SSSR count). The molecule has 0 radical (unpaired) electrons. The average Bonchev–Trinajstić information content (AvgIpc) is 3.30. The van der Waals surface area contributed by atoms with Gasteiger partial charge in [-0.15, -0.1) is 10.2 Å². The molecule has 4 aromatic rings. The molecule has 4 heterocycles. The van der Waals surface area contributed by atoms with E-state index < -0.39 is 0 Å². The Morgan fingerprint density at radius 1 is 1.10 bits per heavy atom. The van der Waals surface area contributed by atoms with Crippen LogP contribution in [-0.2, 0) is 6.54 Å². The molecule has 1 aliphatic rings. The lowest BCUT2D eigenvalue weighted by atomic mass is 10.0. The second kappa shape index (κ2) is 8.20. The first-order chi connectivity index (χ1) is 14.8. The van der Waals surface area contributed by atoms with Crippen molar-refractivity contribution in [2.24, 2.45) is 0 Å². The summed E-state index contributed by atoms with van der Waals surface area (Å²) in [7, 11) is 1.68. The first-order valence-corrected chi connectivity index (χ1v) is 10.2. The van der Waals surface area contributed by atoms with Gasteiger partial charge in [-0.1, -0.05) is 18.6 Å². The predicted octanol–water partition coefficient (Wildman–Crippen LogP) is 4.42. The van der Waals surface area contributed by atoms with Crippen LogP contribution in [0.2, 0.25) is 0 Å². The highest BCUT2D eigenvalue weighted by Gasteiger charge is 2.29. The molecule has 1 aliphatic heterocycles. The monoisotopic (exact) mass is 401 g/mol. The summed E-state index contributed by atoms with van der Waals surface area (Å²) in [6.45, 7) is 1.72. The van der Waals surface area contributed by atoms with Crippen LogP contribution in [0.4, 0.5) is 0 Å². The first kappa shape index (κ1) is 18.7. The number of rotatable bonds is 5. The maximum atomic E-state index is 6.01. The number of fused-ring (bicyclic) bond motifs is 1. The van der Waals surface area contributed by atoms with Crippen molar-refractivity contribution in [3.63, 3.8) is 0 Å². The molecule has 3 aromatic heterocycles. The van der Waals surface area contributed by atoms with E-state index in [9.17, 15) is 0 Å². The van der Waals surface area contributed by atoms with Crippen molar-refractivity contribution < 1.29 is 9.15 Å². The van der Waals surface area contributed by atoms with Crippen LogP contribution in [-0.4, -0.2) is 38.7 Å². The number of hydrogen-bond acceptors (Lipinski definition) is 7. The van der Waals surface area contributed by atoms with Gasteiger partial charge in [0, 0.05) is 18.1 Å². The van der Waals surface area contributed by atoms with E-state index in [2.05, 4.69) is 32.2 Å². The standard InChI is InChI=1S/C23H23N5O2/c1-29-18-10-11-19-16(14-18)8-9-17(25-19)15-28-13-5-3-7-21(28)23-27-26-22(30-23)20-6-2-4-12-24-20/h2,4,6,8-12,14,21H,3,5,7,13,15H2,1H3/t21-/m0/s1. The number of aromatic nitrogens is 4. The normalized spacial score (nSPS) is 17.3. The van der Waals surface area contributed by atoms with Gasteiger partial charge in [-0.2, -0.15) is 0 Å². The summed E-state index contributed by atoms with van der Waals surface area (Å²) >= 11 is 0. The molecule has 30 heavy (non-hydrogen) atoms. The van der Waals surface area contributed by atoms with Gasteiger partial charge in [0.15, 0.2) is 0 Å². The Labute approximate surface area is 174 Å². The Bertz CT molecular complexity index is 1140. The lowest BCUT2D eigenvalue weighted by molar-refractivity contribution is 0.117. The molecular formula is C23H23N5O2. The van der Waals surface area contributed by atoms with Gasteiger partial charge >= 0.3 is 0 Å². The largest absolute Gasteiger partial charge is 0.497 e. The van der Waals surface area contributed by atoms with Gasteiger partial charge in [0.05, 0.1) is 24.4 Å². The quantitative estimate of drug-likeness (QED) is 0.490. The van der Waals surface area contributed by atoms with E-state index in [0.717, 1.165) is 54.7 Å². The van der Waals surface area contributed by atoms with Crippen LogP contribution < -0.4 is 4.74 Å². The van der Waals surface area contributed by atoms with Crippen LogP contribution in [0.5, 0.6) is 5.75 Å². The van der Waals surface area contributed by atoms with Crippen molar-refractivity contribution in [1.29, 1.82) is 0 Å². The van der Waals surface area contributed by atoms with Crippen LogP contribution in [0.15, 0.2) is 59.1 Å². The third-order valence-corrected chi connectivity index (χ3v) is 5.54. The summed E-state index contributed by atoms with van der Waals surface area (Å²) < 4.78 is 11.3. The fourth-order valence-electron chi connectivity index (χ4n) is 3.99. The molecule has 0 saturated carbocycles. The Hall–Kier alpha value is -3.32. The average molecular weight is 401 g/mol. The lowest BCUT2D eigenvalue weighted by Crippen LogP contribution is -2.33. The van der Waals surface area contributed by atoms with Gasteiger partial charge in [0.1, 0.15) is 11.4 Å². The minimum atomic E-state index is 0.0945. The minimum absolute atomic E-state index is 0.0945. The van der Waals surface area contributed by atoms with Crippen LogP contribution >= 0.6 is 0 Å². The number of nitrogens with zero attached hydrogens (tertiary/aromatic N) is 5. The van der Waals surface area contributed by atoms with Gasteiger partial charge in [-0.3, -0.25) is 14.9 Å². The number of piperidine rings is 1. The highest BCUT2D eigenvalue weighted by atomic mass is 16.5. The zero-order valence-corrected chi connectivity index (χ0v) is 16.9. The zero-order valence-electron chi connectivity index (χ0n) is 16.9. The number of likely N-dealkylation sites (tertiary alicyclic amines) is 1. The van der Waals surface area contributed by atoms with Crippen molar-refractivity contribution in [2.75, 3.05) is 13.7 Å². The molecule has 0 aliphatic carbocycles. The van der Waals surface area contributed by atoms with Crippen molar-refractivity contribution in [2.45, 2.75) is 31.8 Å². The molecule has 1 aromatic carbocycles. The molecule has 152 valence electrons. The maximum absolute atomic E-state index is 6.01. The van der Waals surface area contributed by atoms with E-state index in [1.165, 1.54) is 0 Å². The van der Waals surface area contributed by atoms with Crippen LogP contribution in [0.25, 0.3) is 22.5 Å². The molecule has 0 unspecified atom stereocenters. The number of benzene rings is 1. The minimum Gasteiger partial charge on any atom is -0.497 e. The van der Waals surface area contributed by atoms with Gasteiger partial charge in [-0.25, -0.2) is 0 Å². The van der Waals surface area contributed by atoms with Crippen molar-refractivity contribution in [3.05, 3.63) is 66.3 Å². The third-order valence-electron chi connectivity index (χ3n) is 5.54. The molecule has 0 amide bonds. The first-order valence-electron chi connectivity index (χ1n) is 10.2.